The van der Waals surface area contributed by atoms with Crippen LogP contribution in [0.1, 0.15) is 24.0 Å². The van der Waals surface area contributed by atoms with Gasteiger partial charge in [0.1, 0.15) is 0 Å². The fourth-order valence-electron chi connectivity index (χ4n) is 3.20. The molecule has 2 aromatic carbocycles. The number of nitrogens with zero attached hydrogens (tertiary/aromatic N) is 3. The van der Waals surface area contributed by atoms with Crippen molar-refractivity contribution in [3.63, 3.8) is 0 Å². The molecule has 0 atom stereocenters. The van der Waals surface area contributed by atoms with E-state index in [1.54, 1.807) is 24.3 Å². The summed E-state index contributed by atoms with van der Waals surface area (Å²) in [5.74, 6) is -0.451. The van der Waals surface area contributed by atoms with E-state index in [2.05, 4.69) is 15.4 Å². The molecule has 1 N–H and O–H groups in total. The molecule has 0 unspecified atom stereocenters. The summed E-state index contributed by atoms with van der Waals surface area (Å²) in [5, 5.41) is 4.21. The summed E-state index contributed by atoms with van der Waals surface area (Å²) in [6.45, 7) is 3.49. The number of carbonyl (C=O) groups excluding carboxylic acids is 1. The van der Waals surface area contributed by atoms with Gasteiger partial charge in [0, 0.05) is 38.2 Å². The van der Waals surface area contributed by atoms with Crippen molar-refractivity contribution in [2.45, 2.75) is 31.2 Å². The SMILES string of the molecule is Cc1ccc(S(=O)(=O)N(CC(=O)NN=C2CCN(C)CC2)Cc2ccccc2)cc1. The zero-order chi connectivity index (χ0) is 21.6. The molecule has 160 valence electrons. The predicted molar refractivity (Wildman–Crippen MR) is 118 cm³/mol. The van der Waals surface area contributed by atoms with Gasteiger partial charge in [-0.1, -0.05) is 48.0 Å². The highest BCUT2D eigenvalue weighted by Crippen LogP contribution is 2.19. The molecule has 0 aliphatic carbocycles. The third-order valence-corrected chi connectivity index (χ3v) is 6.89. The van der Waals surface area contributed by atoms with E-state index in [-0.39, 0.29) is 18.0 Å². The number of hydrogen-bond acceptors (Lipinski definition) is 5. The van der Waals surface area contributed by atoms with E-state index in [1.165, 1.54) is 4.31 Å². The van der Waals surface area contributed by atoms with E-state index in [4.69, 9.17) is 0 Å². The van der Waals surface area contributed by atoms with Gasteiger partial charge in [-0.05, 0) is 31.7 Å². The Kier molecular flexibility index (Phi) is 7.36. The van der Waals surface area contributed by atoms with Crippen LogP contribution in [0.5, 0.6) is 0 Å². The van der Waals surface area contributed by atoms with Crippen LogP contribution in [0.25, 0.3) is 0 Å². The molecule has 0 aromatic heterocycles. The smallest absolute Gasteiger partial charge is 0.255 e. The number of nitrogens with one attached hydrogen (secondary N) is 1. The van der Waals surface area contributed by atoms with Gasteiger partial charge in [0.05, 0.1) is 11.4 Å². The number of piperidine rings is 1. The minimum absolute atomic E-state index is 0.103. The molecule has 7 nitrogen and oxygen atoms in total. The molecule has 3 rings (SSSR count). The fraction of sp³-hybridized carbons (Fsp3) is 0.364. The van der Waals surface area contributed by atoms with E-state index in [0.717, 1.165) is 42.8 Å². The van der Waals surface area contributed by atoms with Crippen LogP contribution in [-0.4, -0.2) is 55.9 Å². The number of aryl methyl sites for hydroxylation is 1. The van der Waals surface area contributed by atoms with Gasteiger partial charge in [0.15, 0.2) is 0 Å². The topological polar surface area (TPSA) is 82.1 Å². The van der Waals surface area contributed by atoms with Crippen molar-refractivity contribution in [3.05, 3.63) is 65.7 Å². The third kappa shape index (κ3) is 5.98. The zero-order valence-corrected chi connectivity index (χ0v) is 18.2. The summed E-state index contributed by atoms with van der Waals surface area (Å²) < 4.78 is 27.7. The first-order chi connectivity index (χ1) is 14.3. The lowest BCUT2D eigenvalue weighted by atomic mass is 10.1. The van der Waals surface area contributed by atoms with Crippen molar-refractivity contribution < 1.29 is 13.2 Å². The van der Waals surface area contributed by atoms with Crippen LogP contribution in [0.15, 0.2) is 64.6 Å². The Morgan fingerprint density at radius 1 is 1.07 bits per heavy atom. The zero-order valence-electron chi connectivity index (χ0n) is 17.4. The summed E-state index contributed by atoms with van der Waals surface area (Å²) in [6.07, 6.45) is 1.60. The van der Waals surface area contributed by atoms with Crippen LogP contribution < -0.4 is 5.43 Å². The average Bonchev–Trinajstić information content (AvgIpc) is 2.74. The Bertz CT molecular complexity index is 979. The number of rotatable bonds is 7. The molecule has 1 aliphatic rings. The van der Waals surface area contributed by atoms with Gasteiger partial charge in [-0.2, -0.15) is 9.41 Å². The van der Waals surface area contributed by atoms with E-state index in [1.807, 2.05) is 44.3 Å². The first-order valence-electron chi connectivity index (χ1n) is 9.98. The fourth-order valence-corrected chi connectivity index (χ4v) is 4.58. The minimum Gasteiger partial charge on any atom is -0.306 e. The first-order valence-corrected chi connectivity index (χ1v) is 11.4. The number of sulfonamides is 1. The third-order valence-electron chi connectivity index (χ3n) is 5.08. The second kappa shape index (κ2) is 9.97. The maximum absolute atomic E-state index is 13.2. The Balaban J connectivity index is 1.76. The molecule has 30 heavy (non-hydrogen) atoms. The quantitative estimate of drug-likeness (QED) is 0.687. The standard InChI is InChI=1S/C22H28N4O3S/c1-18-8-10-21(11-9-18)30(28,29)26(16-19-6-4-3-5-7-19)17-22(27)24-23-20-12-14-25(2)15-13-20/h3-11H,12-17H2,1-2H3,(H,24,27). The largest absolute Gasteiger partial charge is 0.306 e. The van der Waals surface area contributed by atoms with Gasteiger partial charge in [-0.3, -0.25) is 4.79 Å². The second-order valence-corrected chi connectivity index (χ2v) is 9.53. The van der Waals surface area contributed by atoms with Crippen molar-refractivity contribution in [2.75, 3.05) is 26.7 Å². The van der Waals surface area contributed by atoms with Crippen molar-refractivity contribution in [1.82, 2.24) is 14.6 Å². The maximum Gasteiger partial charge on any atom is 0.255 e. The second-order valence-electron chi connectivity index (χ2n) is 7.59. The lowest BCUT2D eigenvalue weighted by molar-refractivity contribution is -0.121. The summed E-state index contributed by atoms with van der Waals surface area (Å²) in [5.41, 5.74) is 5.24. The number of hydrogen-bond donors (Lipinski definition) is 1. The van der Waals surface area contributed by atoms with Gasteiger partial charge in [0.25, 0.3) is 5.91 Å². The van der Waals surface area contributed by atoms with Crippen molar-refractivity contribution in [1.29, 1.82) is 0 Å². The first kappa shape index (κ1) is 22.1. The molecule has 0 bridgehead atoms. The van der Waals surface area contributed by atoms with Crippen LogP contribution in [0.2, 0.25) is 0 Å². The molecule has 0 saturated carbocycles. The Morgan fingerprint density at radius 2 is 1.70 bits per heavy atom. The molecule has 0 radical (unpaired) electrons. The highest BCUT2D eigenvalue weighted by molar-refractivity contribution is 7.89. The van der Waals surface area contributed by atoms with Crippen molar-refractivity contribution in [3.8, 4) is 0 Å². The number of amides is 1. The Hall–Kier alpha value is -2.55. The Labute approximate surface area is 178 Å². The molecule has 2 aromatic rings. The molecule has 1 heterocycles. The molecule has 0 spiro atoms. The van der Waals surface area contributed by atoms with E-state index < -0.39 is 15.9 Å². The van der Waals surface area contributed by atoms with Gasteiger partial charge in [-0.25, -0.2) is 13.8 Å². The highest BCUT2D eigenvalue weighted by Gasteiger charge is 2.27. The normalized spacial score (nSPS) is 15.2. The van der Waals surface area contributed by atoms with E-state index in [0.29, 0.717) is 0 Å². The van der Waals surface area contributed by atoms with Crippen LogP contribution in [0, 0.1) is 6.92 Å². The molecule has 1 aliphatic heterocycles. The van der Waals surface area contributed by atoms with Crippen LogP contribution in [0.3, 0.4) is 0 Å². The summed E-state index contributed by atoms with van der Waals surface area (Å²) in [7, 11) is -1.80. The summed E-state index contributed by atoms with van der Waals surface area (Å²) in [6, 6.07) is 15.9. The lowest BCUT2D eigenvalue weighted by Gasteiger charge is -2.23. The van der Waals surface area contributed by atoms with Gasteiger partial charge < -0.3 is 4.90 Å². The minimum atomic E-state index is -3.84. The van der Waals surface area contributed by atoms with Crippen LogP contribution >= 0.6 is 0 Å². The monoisotopic (exact) mass is 428 g/mol. The number of benzene rings is 2. The van der Waals surface area contributed by atoms with Crippen molar-refractivity contribution in [2.24, 2.45) is 5.10 Å². The molecule has 1 saturated heterocycles. The van der Waals surface area contributed by atoms with Gasteiger partial charge >= 0.3 is 0 Å². The number of hydrazone groups is 1. The number of likely N-dealkylation sites (tertiary alicyclic amines) is 1. The van der Waals surface area contributed by atoms with E-state index in [9.17, 15) is 13.2 Å². The summed E-state index contributed by atoms with van der Waals surface area (Å²) >= 11 is 0. The highest BCUT2D eigenvalue weighted by atomic mass is 32.2. The molecular formula is C22H28N4O3S. The van der Waals surface area contributed by atoms with E-state index >= 15 is 0 Å². The van der Waals surface area contributed by atoms with Gasteiger partial charge in [-0.15, -0.1) is 0 Å². The molecular weight excluding hydrogens is 400 g/mol. The number of carbonyl (C=O) groups is 1. The molecule has 1 fully saturated rings. The average molecular weight is 429 g/mol. The van der Waals surface area contributed by atoms with Gasteiger partial charge in [0.2, 0.25) is 10.0 Å². The predicted octanol–water partition coefficient (Wildman–Crippen LogP) is 2.38. The van der Waals surface area contributed by atoms with Crippen molar-refractivity contribution >= 4 is 21.6 Å². The molecule has 8 heteroatoms. The molecule has 1 amide bonds. The lowest BCUT2D eigenvalue weighted by Crippen LogP contribution is -2.39. The Morgan fingerprint density at radius 3 is 2.33 bits per heavy atom. The summed E-state index contributed by atoms with van der Waals surface area (Å²) in [4.78, 5) is 14.9. The van der Waals surface area contributed by atoms with Crippen LogP contribution in [-0.2, 0) is 21.4 Å². The van der Waals surface area contributed by atoms with Crippen LogP contribution in [0.4, 0.5) is 0 Å². The maximum atomic E-state index is 13.2.